The van der Waals surface area contributed by atoms with Crippen LogP contribution in [-0.4, -0.2) is 61.4 Å². The minimum absolute atomic E-state index is 0.00602. The summed E-state index contributed by atoms with van der Waals surface area (Å²) in [4.78, 5) is 34.4. The van der Waals surface area contributed by atoms with E-state index in [4.69, 9.17) is 14.2 Å². The number of hydrogen-bond acceptors (Lipinski definition) is 8. The van der Waals surface area contributed by atoms with Gasteiger partial charge in [-0.25, -0.2) is 9.78 Å². The lowest BCUT2D eigenvalue weighted by molar-refractivity contribution is -0.118. The maximum Gasteiger partial charge on any atom is 0.414 e. The van der Waals surface area contributed by atoms with Gasteiger partial charge < -0.3 is 24.8 Å². The summed E-state index contributed by atoms with van der Waals surface area (Å²) < 4.78 is 16.1. The Bertz CT molecular complexity index is 1230. The van der Waals surface area contributed by atoms with Crippen LogP contribution >= 0.6 is 0 Å². The SMILES string of the molecule is COc1ccc2nccc(CCCNC[C@H]3CN(c4ccc5c(c4)NC(=O)CO5)C(=O)O3)c2n1. The molecule has 10 heteroatoms. The van der Waals surface area contributed by atoms with E-state index in [1.54, 1.807) is 42.5 Å². The van der Waals surface area contributed by atoms with Crippen molar-refractivity contribution in [2.45, 2.75) is 18.9 Å². The summed E-state index contributed by atoms with van der Waals surface area (Å²) in [5, 5.41) is 6.13. The van der Waals surface area contributed by atoms with Crippen molar-refractivity contribution in [1.29, 1.82) is 0 Å². The van der Waals surface area contributed by atoms with Crippen LogP contribution in [0.25, 0.3) is 11.0 Å². The molecule has 0 radical (unpaired) electrons. The fourth-order valence-corrected chi connectivity index (χ4v) is 4.12. The van der Waals surface area contributed by atoms with Gasteiger partial charge in [0.2, 0.25) is 5.88 Å². The molecule has 0 aliphatic carbocycles. The summed E-state index contributed by atoms with van der Waals surface area (Å²) in [7, 11) is 1.60. The van der Waals surface area contributed by atoms with E-state index in [2.05, 4.69) is 20.6 Å². The molecule has 5 rings (SSSR count). The standard InChI is InChI=1S/C24H25N5O5/c1-32-22-7-5-18-23(28-22)15(8-10-26-18)3-2-9-25-12-17-13-29(24(31)34-17)16-4-6-20-19(11-16)27-21(30)14-33-20/h4-8,10-11,17,25H,2-3,9,12-14H2,1H3,(H,27,30)/t17-/m0/s1. The van der Waals surface area contributed by atoms with E-state index in [0.717, 1.165) is 36.0 Å². The van der Waals surface area contributed by atoms with Crippen LogP contribution in [0.3, 0.4) is 0 Å². The van der Waals surface area contributed by atoms with E-state index in [1.165, 1.54) is 0 Å². The van der Waals surface area contributed by atoms with Gasteiger partial charge >= 0.3 is 6.09 Å². The first-order valence-electron chi connectivity index (χ1n) is 11.1. The third-order valence-corrected chi connectivity index (χ3v) is 5.80. The van der Waals surface area contributed by atoms with Gasteiger partial charge in [0.1, 0.15) is 11.9 Å². The normalized spacial score (nSPS) is 17.2. The number of ether oxygens (including phenoxy) is 3. The van der Waals surface area contributed by atoms with E-state index in [-0.39, 0.29) is 18.6 Å². The number of fused-ring (bicyclic) bond motifs is 2. The number of nitrogens with one attached hydrogen (secondary N) is 2. The Hall–Kier alpha value is -3.92. The van der Waals surface area contributed by atoms with Crippen LogP contribution in [0.1, 0.15) is 12.0 Å². The first-order chi connectivity index (χ1) is 16.6. The number of nitrogens with zero attached hydrogens (tertiary/aromatic N) is 3. The maximum atomic E-state index is 12.4. The molecule has 10 nitrogen and oxygen atoms in total. The quantitative estimate of drug-likeness (QED) is 0.490. The van der Waals surface area contributed by atoms with Crippen molar-refractivity contribution < 1.29 is 23.8 Å². The molecule has 3 aromatic rings. The van der Waals surface area contributed by atoms with Crippen molar-refractivity contribution in [3.63, 3.8) is 0 Å². The number of amides is 2. The van der Waals surface area contributed by atoms with Gasteiger partial charge in [0.15, 0.2) is 6.61 Å². The molecule has 0 spiro atoms. The van der Waals surface area contributed by atoms with E-state index in [1.807, 2.05) is 12.1 Å². The summed E-state index contributed by atoms with van der Waals surface area (Å²) in [6, 6.07) is 11.0. The van der Waals surface area contributed by atoms with Gasteiger partial charge in [-0.15, -0.1) is 0 Å². The highest BCUT2D eigenvalue weighted by Gasteiger charge is 2.32. The second kappa shape index (κ2) is 9.52. The summed E-state index contributed by atoms with van der Waals surface area (Å²) in [6.07, 6.45) is 2.86. The van der Waals surface area contributed by atoms with Crippen LogP contribution in [0.5, 0.6) is 11.6 Å². The van der Waals surface area contributed by atoms with Crippen molar-refractivity contribution in [2.24, 2.45) is 0 Å². The summed E-state index contributed by atoms with van der Waals surface area (Å²) in [5.41, 5.74) is 4.03. The number of aromatic nitrogens is 2. The van der Waals surface area contributed by atoms with E-state index >= 15 is 0 Å². The molecule has 2 aliphatic rings. The van der Waals surface area contributed by atoms with Gasteiger partial charge in [0.25, 0.3) is 5.91 Å². The summed E-state index contributed by atoms with van der Waals surface area (Å²) in [5.74, 6) is 0.941. The molecule has 1 saturated heterocycles. The molecule has 0 saturated carbocycles. The fraction of sp³-hybridized carbons (Fsp3) is 0.333. The lowest BCUT2D eigenvalue weighted by atomic mass is 10.1. The van der Waals surface area contributed by atoms with Gasteiger partial charge in [-0.3, -0.25) is 14.7 Å². The number of carbonyl (C=O) groups is 2. The molecule has 2 aromatic heterocycles. The predicted octanol–water partition coefficient (Wildman–Crippen LogP) is 2.52. The second-order valence-electron chi connectivity index (χ2n) is 8.13. The Balaban J connectivity index is 1.12. The Morgan fingerprint density at radius 1 is 1.24 bits per heavy atom. The molecule has 34 heavy (non-hydrogen) atoms. The molecule has 2 aliphatic heterocycles. The average molecular weight is 463 g/mol. The molecule has 1 atom stereocenters. The highest BCUT2D eigenvalue weighted by atomic mass is 16.6. The highest BCUT2D eigenvalue weighted by Crippen LogP contribution is 2.33. The molecule has 2 N–H and O–H groups in total. The fourth-order valence-electron chi connectivity index (χ4n) is 4.12. The zero-order valence-corrected chi connectivity index (χ0v) is 18.7. The van der Waals surface area contributed by atoms with Crippen molar-refractivity contribution in [1.82, 2.24) is 15.3 Å². The van der Waals surface area contributed by atoms with Crippen LogP contribution in [0, 0.1) is 0 Å². The molecule has 176 valence electrons. The van der Waals surface area contributed by atoms with E-state index in [9.17, 15) is 9.59 Å². The van der Waals surface area contributed by atoms with Crippen molar-refractivity contribution >= 4 is 34.4 Å². The smallest absolute Gasteiger partial charge is 0.414 e. The number of methoxy groups -OCH3 is 1. The maximum absolute atomic E-state index is 12.4. The number of benzene rings is 1. The van der Waals surface area contributed by atoms with Crippen molar-refractivity contribution in [3.05, 3.63) is 48.2 Å². The molecule has 0 unspecified atom stereocenters. The minimum Gasteiger partial charge on any atom is -0.482 e. The third kappa shape index (κ3) is 4.58. The number of anilines is 2. The topological polar surface area (TPSA) is 115 Å². The highest BCUT2D eigenvalue weighted by molar-refractivity contribution is 5.97. The van der Waals surface area contributed by atoms with Gasteiger partial charge in [-0.05, 0) is 55.3 Å². The Kier molecular flexibility index (Phi) is 6.13. The number of aryl methyl sites for hydroxylation is 1. The molecule has 2 amide bonds. The minimum atomic E-state index is -0.405. The van der Waals surface area contributed by atoms with Crippen molar-refractivity contribution in [2.75, 3.05) is 43.6 Å². The predicted molar refractivity (Wildman–Crippen MR) is 125 cm³/mol. The zero-order chi connectivity index (χ0) is 23.5. The van der Waals surface area contributed by atoms with Gasteiger partial charge in [0, 0.05) is 24.5 Å². The molecule has 0 bridgehead atoms. The number of cyclic esters (lactones) is 1. The lowest BCUT2D eigenvalue weighted by Gasteiger charge is -2.20. The monoisotopic (exact) mass is 463 g/mol. The first-order valence-corrected chi connectivity index (χ1v) is 11.1. The Morgan fingerprint density at radius 2 is 2.15 bits per heavy atom. The molecule has 4 heterocycles. The average Bonchev–Trinajstić information content (AvgIpc) is 3.23. The largest absolute Gasteiger partial charge is 0.482 e. The number of pyridine rings is 2. The van der Waals surface area contributed by atoms with Crippen molar-refractivity contribution in [3.8, 4) is 11.6 Å². The Morgan fingerprint density at radius 3 is 3.03 bits per heavy atom. The number of hydrogen-bond donors (Lipinski definition) is 2. The second-order valence-corrected chi connectivity index (χ2v) is 8.13. The lowest BCUT2D eigenvalue weighted by Crippen LogP contribution is -2.31. The molecule has 1 fully saturated rings. The van der Waals surface area contributed by atoms with Crippen LogP contribution < -0.4 is 25.0 Å². The Labute approximate surface area is 196 Å². The van der Waals surface area contributed by atoms with E-state index in [0.29, 0.717) is 36.1 Å². The summed E-state index contributed by atoms with van der Waals surface area (Å²) in [6.45, 7) is 1.74. The van der Waals surface area contributed by atoms with Gasteiger partial charge in [-0.2, -0.15) is 0 Å². The zero-order valence-electron chi connectivity index (χ0n) is 18.7. The molecule has 1 aromatic carbocycles. The van der Waals surface area contributed by atoms with Crippen LogP contribution in [-0.2, 0) is 16.0 Å². The molecular weight excluding hydrogens is 438 g/mol. The molecular formula is C24H25N5O5. The van der Waals surface area contributed by atoms with Gasteiger partial charge in [-0.1, -0.05) is 0 Å². The third-order valence-electron chi connectivity index (χ3n) is 5.80. The van der Waals surface area contributed by atoms with E-state index < -0.39 is 6.09 Å². The first kappa shape index (κ1) is 21.9. The number of carbonyl (C=O) groups excluding carboxylic acids is 2. The van der Waals surface area contributed by atoms with Crippen LogP contribution in [0.15, 0.2) is 42.6 Å². The van der Waals surface area contributed by atoms with Gasteiger partial charge in [0.05, 0.1) is 30.4 Å². The number of rotatable bonds is 8. The summed E-state index contributed by atoms with van der Waals surface area (Å²) >= 11 is 0. The van der Waals surface area contributed by atoms with Crippen LogP contribution in [0.4, 0.5) is 16.2 Å². The van der Waals surface area contributed by atoms with Crippen LogP contribution in [0.2, 0.25) is 0 Å².